The van der Waals surface area contributed by atoms with Crippen LogP contribution in [0.4, 0.5) is 34.1 Å². The first-order chi connectivity index (χ1) is 33.8. The third kappa shape index (κ3) is 7.85. The van der Waals surface area contributed by atoms with Crippen molar-refractivity contribution in [1.82, 2.24) is 0 Å². The highest BCUT2D eigenvalue weighted by Crippen LogP contribution is 2.69. The molecule has 0 saturated carbocycles. The van der Waals surface area contributed by atoms with Crippen LogP contribution in [0.3, 0.4) is 0 Å². The summed E-state index contributed by atoms with van der Waals surface area (Å²) in [6.07, 6.45) is 0. The van der Waals surface area contributed by atoms with Crippen molar-refractivity contribution < 1.29 is 0 Å². The fourth-order valence-electron chi connectivity index (χ4n) is 12.8. The molecule has 0 aromatic heterocycles. The summed E-state index contributed by atoms with van der Waals surface area (Å²) in [5.74, 6) is 1.79. The van der Waals surface area contributed by atoms with Gasteiger partial charge in [0.25, 0.3) is 0 Å². The van der Waals surface area contributed by atoms with E-state index in [9.17, 15) is 0 Å². The largest absolute Gasteiger partial charge is 0.310 e. The maximum atomic E-state index is 2.62. The number of rotatable bonds is 10. The van der Waals surface area contributed by atoms with Gasteiger partial charge >= 0.3 is 0 Å². The first kappa shape index (κ1) is 48.0. The molecule has 0 saturated heterocycles. The molecule has 71 heavy (non-hydrogen) atoms. The number of anilines is 6. The molecule has 0 N–H and O–H groups in total. The van der Waals surface area contributed by atoms with Gasteiger partial charge in [-0.3, -0.25) is 0 Å². The number of fused-ring (bicyclic) bond motifs is 10. The highest BCUT2D eigenvalue weighted by Gasteiger charge is 2.59. The van der Waals surface area contributed by atoms with E-state index < -0.39 is 5.41 Å². The van der Waals surface area contributed by atoms with Crippen molar-refractivity contribution in [1.29, 1.82) is 0 Å². The molecule has 9 aromatic rings. The third-order valence-electron chi connectivity index (χ3n) is 16.1. The maximum Gasteiger partial charge on any atom is 0.0543 e. The van der Waals surface area contributed by atoms with E-state index in [0.717, 1.165) is 28.4 Å². The molecule has 0 heterocycles. The van der Waals surface area contributed by atoms with Gasteiger partial charge in [-0.15, -0.1) is 0 Å². The topological polar surface area (TPSA) is 6.48 Å². The molecule has 1 aliphatic rings. The van der Waals surface area contributed by atoms with E-state index in [1.54, 1.807) is 0 Å². The monoisotopic (exact) mass is 931 g/mol. The summed E-state index contributed by atoms with van der Waals surface area (Å²) in [6, 6.07) is 65.6. The Bertz CT molecular complexity index is 3290. The molecule has 1 aliphatic carbocycles. The lowest BCUT2D eigenvalue weighted by Crippen LogP contribution is -2.50. The molecule has 0 atom stereocenters. The van der Waals surface area contributed by atoms with Gasteiger partial charge < -0.3 is 9.80 Å². The summed E-state index contributed by atoms with van der Waals surface area (Å²) < 4.78 is 0. The molecule has 9 aromatic carbocycles. The van der Waals surface area contributed by atoms with Crippen LogP contribution in [0.1, 0.15) is 154 Å². The quantitative estimate of drug-likeness (QED) is 0.126. The van der Waals surface area contributed by atoms with Crippen LogP contribution in [0.15, 0.2) is 170 Å². The Kier molecular flexibility index (Phi) is 12.1. The smallest absolute Gasteiger partial charge is 0.0543 e. The summed E-state index contributed by atoms with van der Waals surface area (Å²) in [4.78, 5) is 5.00. The zero-order valence-corrected chi connectivity index (χ0v) is 44.9. The second-order valence-corrected chi connectivity index (χ2v) is 23.8. The van der Waals surface area contributed by atoms with Gasteiger partial charge in [0, 0.05) is 39.2 Å². The van der Waals surface area contributed by atoms with Crippen LogP contribution in [0.5, 0.6) is 0 Å². The van der Waals surface area contributed by atoms with Gasteiger partial charge in [-0.1, -0.05) is 200 Å². The van der Waals surface area contributed by atoms with Gasteiger partial charge in [0.2, 0.25) is 0 Å². The van der Waals surface area contributed by atoms with Crippen LogP contribution in [-0.2, 0) is 5.41 Å². The lowest BCUT2D eigenvalue weighted by Gasteiger charge is -2.53. The van der Waals surface area contributed by atoms with Crippen LogP contribution in [0, 0.1) is 10.8 Å². The van der Waals surface area contributed by atoms with Crippen molar-refractivity contribution in [3.05, 3.63) is 203 Å². The Hall–Kier alpha value is -6.64. The molecule has 0 radical (unpaired) electrons. The van der Waals surface area contributed by atoms with Crippen LogP contribution < -0.4 is 9.80 Å². The minimum atomic E-state index is -0.430. The zero-order chi connectivity index (χ0) is 50.3. The van der Waals surface area contributed by atoms with Gasteiger partial charge in [0.15, 0.2) is 0 Å². The number of hydrogen-bond donors (Lipinski definition) is 0. The second-order valence-electron chi connectivity index (χ2n) is 23.8. The van der Waals surface area contributed by atoms with Gasteiger partial charge in [0.1, 0.15) is 0 Å². The molecular formula is C69H74N2. The van der Waals surface area contributed by atoms with Crippen LogP contribution in [0.25, 0.3) is 43.4 Å². The molecule has 360 valence electrons. The SMILES string of the molecule is CC(C)c1ccc(N(c2ccc(C(C)C)cc2)c2ccc3c4c(c5ccccc5c3c2)-c2c(cc(N(c3ccc(C(C)C)cc3)c3ccc(C(C)C)cc3)c3ccccc23)C4(C(C)(C)C)C(C)(C)C)cc1. The predicted octanol–water partition coefficient (Wildman–Crippen LogP) is 20.9. The minimum absolute atomic E-state index is 0.218. The van der Waals surface area contributed by atoms with Gasteiger partial charge in [-0.2, -0.15) is 0 Å². The fraction of sp³-hybridized carbons (Fsp3) is 0.304. The van der Waals surface area contributed by atoms with Gasteiger partial charge in [-0.25, -0.2) is 0 Å². The highest BCUT2D eigenvalue weighted by atomic mass is 15.1. The second kappa shape index (κ2) is 17.9. The van der Waals surface area contributed by atoms with Crippen molar-refractivity contribution in [3.8, 4) is 11.1 Å². The van der Waals surface area contributed by atoms with Crippen LogP contribution in [0.2, 0.25) is 0 Å². The summed E-state index contributed by atoms with van der Waals surface area (Å²) in [7, 11) is 0. The Labute approximate surface area is 425 Å². The fourth-order valence-corrected chi connectivity index (χ4v) is 12.8. The molecule has 0 spiro atoms. The average molecular weight is 931 g/mol. The maximum absolute atomic E-state index is 2.62. The molecule has 0 fully saturated rings. The summed E-state index contributed by atoms with van der Waals surface area (Å²) in [5.41, 5.74) is 17.1. The molecule has 0 bridgehead atoms. The lowest BCUT2D eigenvalue weighted by molar-refractivity contribution is 0.0965. The van der Waals surface area contributed by atoms with Crippen molar-refractivity contribution in [2.24, 2.45) is 10.8 Å². The molecule has 0 amide bonds. The standard InChI is InChI=1S/C69H74N2/c1-43(2)47-23-31-51(32-24-47)70(52-33-25-48(26-34-52)44(3)4)55-39-40-60-61(41-55)56-19-15-17-21-58(56)65-64-59-22-18-16-20-57(59)63(42-62(64)69(66(60)65,67(9,10)11)68(12,13)14)71(53-35-27-49(28-36-53)45(5)6)54-37-29-50(30-38-54)46(7)8/h15-46H,1-14H3. The molecule has 2 heteroatoms. The van der Waals surface area contributed by atoms with Gasteiger partial charge in [-0.05, 0) is 173 Å². The van der Waals surface area contributed by atoms with E-state index in [0.29, 0.717) is 23.7 Å². The van der Waals surface area contributed by atoms with Crippen molar-refractivity contribution in [2.75, 3.05) is 9.80 Å². The lowest BCUT2D eigenvalue weighted by atomic mass is 9.49. The summed E-state index contributed by atoms with van der Waals surface area (Å²) in [6.45, 7) is 33.2. The normalized spacial score (nSPS) is 13.5. The van der Waals surface area contributed by atoms with Crippen LogP contribution >= 0.6 is 0 Å². The first-order valence-electron chi connectivity index (χ1n) is 26.4. The number of benzene rings is 9. The van der Waals surface area contributed by atoms with Gasteiger partial charge in [0.05, 0.1) is 5.69 Å². The highest BCUT2D eigenvalue weighted by molar-refractivity contribution is 6.23. The molecule has 0 unspecified atom stereocenters. The summed E-state index contributed by atoms with van der Waals surface area (Å²) in [5, 5.41) is 7.74. The summed E-state index contributed by atoms with van der Waals surface area (Å²) >= 11 is 0. The van der Waals surface area contributed by atoms with Crippen molar-refractivity contribution in [2.45, 2.75) is 126 Å². The average Bonchev–Trinajstić information content (AvgIpc) is 3.69. The van der Waals surface area contributed by atoms with E-state index in [1.807, 2.05) is 0 Å². The molecular weight excluding hydrogens is 857 g/mol. The van der Waals surface area contributed by atoms with E-state index in [-0.39, 0.29) is 10.8 Å². The van der Waals surface area contributed by atoms with Crippen LogP contribution in [-0.4, -0.2) is 0 Å². The van der Waals surface area contributed by atoms with Crippen molar-refractivity contribution in [3.63, 3.8) is 0 Å². The first-order valence-corrected chi connectivity index (χ1v) is 26.4. The predicted molar refractivity (Wildman–Crippen MR) is 310 cm³/mol. The Balaban J connectivity index is 1.30. The Morgan fingerprint density at radius 2 is 0.676 bits per heavy atom. The Morgan fingerprint density at radius 1 is 0.324 bits per heavy atom. The van der Waals surface area contributed by atoms with Crippen molar-refractivity contribution >= 4 is 66.4 Å². The zero-order valence-electron chi connectivity index (χ0n) is 44.9. The van der Waals surface area contributed by atoms with E-state index >= 15 is 0 Å². The molecule has 2 nitrogen and oxygen atoms in total. The Morgan fingerprint density at radius 3 is 1.07 bits per heavy atom. The van der Waals surface area contributed by atoms with E-state index in [4.69, 9.17) is 0 Å². The van der Waals surface area contributed by atoms with E-state index in [1.165, 1.54) is 82.5 Å². The number of nitrogens with zero attached hydrogens (tertiary/aromatic N) is 2. The molecule has 0 aliphatic heterocycles. The van der Waals surface area contributed by atoms with E-state index in [2.05, 4.69) is 277 Å². The third-order valence-corrected chi connectivity index (χ3v) is 16.1. The molecule has 10 rings (SSSR count). The minimum Gasteiger partial charge on any atom is -0.310 e. The number of hydrogen-bond acceptors (Lipinski definition) is 2.